The van der Waals surface area contributed by atoms with Crippen molar-refractivity contribution in [3.63, 3.8) is 0 Å². The van der Waals surface area contributed by atoms with Crippen LogP contribution in [0, 0.1) is 5.92 Å². The van der Waals surface area contributed by atoms with Crippen LogP contribution in [0.3, 0.4) is 0 Å². The average molecular weight is 507 g/mol. The van der Waals surface area contributed by atoms with Crippen LogP contribution in [0.25, 0.3) is 32.3 Å². The maximum absolute atomic E-state index is 13.6. The van der Waals surface area contributed by atoms with Crippen molar-refractivity contribution in [3.05, 3.63) is 90.4 Å². The van der Waals surface area contributed by atoms with Crippen molar-refractivity contribution in [2.24, 2.45) is 5.92 Å². The molecule has 5 aromatic rings. The number of nitrogens with zero attached hydrogens (tertiary/aromatic N) is 4. The number of hydrogen-bond donors (Lipinski definition) is 2. The Balaban J connectivity index is 1.33. The van der Waals surface area contributed by atoms with E-state index in [0.29, 0.717) is 23.1 Å². The summed E-state index contributed by atoms with van der Waals surface area (Å²) in [7, 11) is 0. The molecule has 0 saturated carbocycles. The Morgan fingerprint density at radius 2 is 1.86 bits per heavy atom. The Kier molecular flexibility index (Phi) is 6.66. The fraction of sp³-hybridized carbons (Fsp3) is 0.207. The third kappa shape index (κ3) is 5.26. The van der Waals surface area contributed by atoms with E-state index in [1.165, 1.54) is 11.3 Å². The van der Waals surface area contributed by atoms with Crippen LogP contribution in [0.2, 0.25) is 0 Å². The van der Waals surface area contributed by atoms with E-state index in [1.807, 2.05) is 72.8 Å². The molecule has 1 amide bonds. The maximum Gasteiger partial charge on any atom is 0.274 e. The summed E-state index contributed by atoms with van der Waals surface area (Å²) in [5, 5.41) is 7.36. The Morgan fingerprint density at radius 3 is 2.70 bits per heavy atom. The van der Waals surface area contributed by atoms with Gasteiger partial charge in [0.2, 0.25) is 0 Å². The van der Waals surface area contributed by atoms with Gasteiger partial charge in [0.15, 0.2) is 5.82 Å². The molecule has 1 fully saturated rings. The highest BCUT2D eigenvalue weighted by Crippen LogP contribution is 2.34. The van der Waals surface area contributed by atoms with Crippen molar-refractivity contribution >= 4 is 33.3 Å². The maximum atomic E-state index is 13.6. The number of carbonyl (C=O) groups is 1. The largest absolute Gasteiger partial charge is 0.320 e. The summed E-state index contributed by atoms with van der Waals surface area (Å²) in [5.41, 5.74) is 4.51. The second-order valence-electron chi connectivity index (χ2n) is 9.20. The van der Waals surface area contributed by atoms with Gasteiger partial charge in [0.1, 0.15) is 21.0 Å². The van der Waals surface area contributed by atoms with Gasteiger partial charge in [0.05, 0.1) is 5.69 Å². The number of nitrogens with one attached hydrogen (secondary N) is 2. The summed E-state index contributed by atoms with van der Waals surface area (Å²) in [4.78, 5) is 33.1. The Labute approximate surface area is 219 Å². The van der Waals surface area contributed by atoms with Crippen molar-refractivity contribution in [2.75, 3.05) is 18.4 Å². The number of para-hydroxylation sites is 1. The molecule has 7 nitrogen and oxygen atoms in total. The zero-order valence-corrected chi connectivity index (χ0v) is 21.0. The summed E-state index contributed by atoms with van der Waals surface area (Å²) in [6.45, 7) is 2.03. The Morgan fingerprint density at radius 1 is 1.00 bits per heavy atom. The van der Waals surface area contributed by atoms with Crippen molar-refractivity contribution in [2.45, 2.75) is 19.3 Å². The monoisotopic (exact) mass is 506 g/mol. The van der Waals surface area contributed by atoms with E-state index in [4.69, 9.17) is 9.97 Å². The van der Waals surface area contributed by atoms with Gasteiger partial charge in [-0.3, -0.25) is 4.79 Å². The lowest BCUT2D eigenvalue weighted by Gasteiger charge is -2.22. The van der Waals surface area contributed by atoms with Crippen LogP contribution in [-0.2, 0) is 6.42 Å². The topological polar surface area (TPSA) is 92.7 Å². The van der Waals surface area contributed by atoms with Gasteiger partial charge in [-0.05, 0) is 68.6 Å². The van der Waals surface area contributed by atoms with Crippen molar-refractivity contribution < 1.29 is 4.79 Å². The molecular formula is C29H26N6OS. The van der Waals surface area contributed by atoms with E-state index in [1.54, 1.807) is 6.20 Å². The molecule has 8 heteroatoms. The van der Waals surface area contributed by atoms with Crippen LogP contribution >= 0.6 is 11.3 Å². The first-order valence-electron chi connectivity index (χ1n) is 12.5. The molecule has 184 valence electrons. The number of hydrogen-bond acceptors (Lipinski definition) is 7. The van der Waals surface area contributed by atoms with E-state index in [9.17, 15) is 4.79 Å². The van der Waals surface area contributed by atoms with E-state index in [-0.39, 0.29) is 5.91 Å². The zero-order chi connectivity index (χ0) is 25.0. The lowest BCUT2D eigenvalue weighted by molar-refractivity contribution is 0.102. The molecule has 0 radical (unpaired) electrons. The molecular weight excluding hydrogens is 480 g/mol. The van der Waals surface area contributed by atoms with Gasteiger partial charge in [-0.1, -0.05) is 53.8 Å². The predicted octanol–water partition coefficient (Wildman–Crippen LogP) is 5.61. The number of pyridine rings is 1. The van der Waals surface area contributed by atoms with Crippen LogP contribution in [0.5, 0.6) is 0 Å². The number of anilines is 1. The number of amides is 1. The fourth-order valence-electron chi connectivity index (χ4n) is 4.68. The Bertz CT molecular complexity index is 1510. The van der Waals surface area contributed by atoms with Gasteiger partial charge in [0, 0.05) is 23.0 Å². The molecule has 1 aliphatic heterocycles. The molecule has 0 spiro atoms. The van der Waals surface area contributed by atoms with Crippen molar-refractivity contribution in [1.29, 1.82) is 0 Å². The zero-order valence-electron chi connectivity index (χ0n) is 20.2. The molecule has 0 bridgehead atoms. The molecule has 6 rings (SSSR count). The first-order chi connectivity index (χ1) is 18.2. The predicted molar refractivity (Wildman–Crippen MR) is 148 cm³/mol. The molecule has 1 unspecified atom stereocenters. The van der Waals surface area contributed by atoms with E-state index in [2.05, 4.69) is 20.6 Å². The minimum absolute atomic E-state index is 0.269. The molecule has 3 aromatic heterocycles. The second-order valence-corrected chi connectivity index (χ2v) is 10.2. The number of piperidine rings is 1. The highest BCUT2D eigenvalue weighted by molar-refractivity contribution is 7.21. The number of thiazole rings is 1. The molecule has 1 atom stereocenters. The lowest BCUT2D eigenvalue weighted by atomic mass is 9.94. The average Bonchev–Trinajstić information content (AvgIpc) is 3.38. The number of benzene rings is 2. The van der Waals surface area contributed by atoms with E-state index >= 15 is 0 Å². The first kappa shape index (κ1) is 23.4. The van der Waals surface area contributed by atoms with Crippen molar-refractivity contribution in [3.8, 4) is 22.0 Å². The van der Waals surface area contributed by atoms with E-state index < -0.39 is 0 Å². The van der Waals surface area contributed by atoms with Crippen molar-refractivity contribution in [1.82, 2.24) is 25.3 Å². The summed E-state index contributed by atoms with van der Waals surface area (Å²) >= 11 is 1.50. The van der Waals surface area contributed by atoms with Gasteiger partial charge in [-0.2, -0.15) is 0 Å². The third-order valence-corrected chi connectivity index (χ3v) is 7.53. The molecule has 2 N–H and O–H groups in total. The van der Waals surface area contributed by atoms with Crippen LogP contribution in [0.15, 0.2) is 79.0 Å². The van der Waals surface area contributed by atoms with Crippen LogP contribution in [-0.4, -0.2) is 38.9 Å². The number of fused-ring (bicyclic) bond motifs is 1. The van der Waals surface area contributed by atoms with E-state index in [0.717, 1.165) is 64.5 Å². The van der Waals surface area contributed by atoms with Gasteiger partial charge in [-0.15, -0.1) is 0 Å². The lowest BCUT2D eigenvalue weighted by Crippen LogP contribution is -2.31. The van der Waals surface area contributed by atoms with Gasteiger partial charge in [0.25, 0.3) is 5.91 Å². The SMILES string of the molecule is O=C(Nc1ccccc1-c1nc2cccnc2s1)c1cc(CC2CCCNC2)nc(-c2ccccc2)n1. The standard InChI is InChI=1S/C29H26N6OS/c36-27(34-23-12-5-4-11-22(23)28-35-24-13-7-15-31-29(24)37-28)25-17-21(16-19-8-6-14-30-18-19)32-26(33-25)20-9-2-1-3-10-20/h1-5,7,9-13,15,17,19,30H,6,8,14,16,18H2,(H,34,36). The molecule has 2 aromatic carbocycles. The van der Waals surface area contributed by atoms with Crippen LogP contribution < -0.4 is 10.6 Å². The summed E-state index contributed by atoms with van der Waals surface area (Å²) in [5.74, 6) is 0.795. The van der Waals surface area contributed by atoms with Gasteiger partial charge < -0.3 is 10.6 Å². The summed E-state index contributed by atoms with van der Waals surface area (Å²) in [6, 6.07) is 23.2. The quantitative estimate of drug-likeness (QED) is 0.311. The highest BCUT2D eigenvalue weighted by Gasteiger charge is 2.19. The third-order valence-electron chi connectivity index (χ3n) is 6.51. The smallest absolute Gasteiger partial charge is 0.274 e. The molecule has 37 heavy (non-hydrogen) atoms. The number of carbonyl (C=O) groups excluding carboxylic acids is 1. The minimum atomic E-state index is -0.269. The minimum Gasteiger partial charge on any atom is -0.320 e. The summed E-state index contributed by atoms with van der Waals surface area (Å²) < 4.78 is 0. The van der Waals surface area contributed by atoms with Gasteiger partial charge in [-0.25, -0.2) is 19.9 Å². The molecule has 1 aliphatic rings. The molecule has 1 saturated heterocycles. The van der Waals surface area contributed by atoms with Gasteiger partial charge >= 0.3 is 0 Å². The van der Waals surface area contributed by atoms with Crippen LogP contribution in [0.1, 0.15) is 29.0 Å². The highest BCUT2D eigenvalue weighted by atomic mass is 32.1. The fourth-order valence-corrected chi connectivity index (χ4v) is 5.63. The normalized spacial score (nSPS) is 15.5. The summed E-state index contributed by atoms with van der Waals surface area (Å²) in [6.07, 6.45) is 4.89. The first-order valence-corrected chi connectivity index (χ1v) is 13.3. The number of aromatic nitrogens is 4. The molecule has 4 heterocycles. The molecule has 0 aliphatic carbocycles. The van der Waals surface area contributed by atoms with Crippen LogP contribution in [0.4, 0.5) is 5.69 Å². The number of rotatable bonds is 6. The second kappa shape index (κ2) is 10.5. The Hall–Kier alpha value is -4.01.